The SMILES string of the molecule is C[NH+](C)CCOc1ccc(/C=C\C(=O)[O-])cc1Br. The molecule has 0 heterocycles. The quantitative estimate of drug-likeness (QED) is 0.736. The van der Waals surface area contributed by atoms with E-state index in [1.165, 1.54) is 11.0 Å². The Labute approximate surface area is 115 Å². The topological polar surface area (TPSA) is 53.8 Å². The molecule has 0 aliphatic carbocycles. The van der Waals surface area contributed by atoms with Crippen LogP contribution in [0.2, 0.25) is 0 Å². The molecule has 0 radical (unpaired) electrons. The molecule has 0 spiro atoms. The van der Waals surface area contributed by atoms with E-state index >= 15 is 0 Å². The molecular weight excluding hydrogens is 298 g/mol. The lowest BCUT2D eigenvalue weighted by Crippen LogP contribution is -3.06. The Balaban J connectivity index is 2.65. The predicted molar refractivity (Wildman–Crippen MR) is 71.4 cm³/mol. The summed E-state index contributed by atoms with van der Waals surface area (Å²) in [5.41, 5.74) is 0.775. The minimum atomic E-state index is -1.21. The summed E-state index contributed by atoms with van der Waals surface area (Å²) in [6, 6.07) is 5.41. The van der Waals surface area contributed by atoms with Crippen LogP contribution < -0.4 is 14.7 Å². The number of carbonyl (C=O) groups is 1. The molecule has 18 heavy (non-hydrogen) atoms. The second-order valence-corrected chi connectivity index (χ2v) is 5.00. The molecule has 4 nitrogen and oxygen atoms in total. The van der Waals surface area contributed by atoms with Gasteiger partial charge in [-0.2, -0.15) is 0 Å². The second kappa shape index (κ2) is 7.18. The largest absolute Gasteiger partial charge is 0.545 e. The smallest absolute Gasteiger partial charge is 0.137 e. The third-order valence-corrected chi connectivity index (χ3v) is 2.85. The fourth-order valence-corrected chi connectivity index (χ4v) is 1.78. The van der Waals surface area contributed by atoms with Gasteiger partial charge in [-0.3, -0.25) is 0 Å². The van der Waals surface area contributed by atoms with Gasteiger partial charge in [0.1, 0.15) is 18.9 Å². The van der Waals surface area contributed by atoms with Crippen LogP contribution in [0.4, 0.5) is 0 Å². The summed E-state index contributed by atoms with van der Waals surface area (Å²) >= 11 is 3.39. The van der Waals surface area contributed by atoms with Crippen LogP contribution in [-0.4, -0.2) is 33.2 Å². The number of rotatable bonds is 6. The van der Waals surface area contributed by atoms with Crippen LogP contribution in [0, 0.1) is 0 Å². The van der Waals surface area contributed by atoms with Crippen molar-refractivity contribution in [3.8, 4) is 5.75 Å². The first-order valence-electron chi connectivity index (χ1n) is 5.59. The van der Waals surface area contributed by atoms with Gasteiger partial charge in [0.05, 0.1) is 24.5 Å². The molecule has 0 amide bonds. The third-order valence-electron chi connectivity index (χ3n) is 2.23. The van der Waals surface area contributed by atoms with Crippen molar-refractivity contribution in [2.45, 2.75) is 0 Å². The van der Waals surface area contributed by atoms with Crippen molar-refractivity contribution in [3.05, 3.63) is 34.3 Å². The van der Waals surface area contributed by atoms with Crippen molar-refractivity contribution in [1.29, 1.82) is 0 Å². The van der Waals surface area contributed by atoms with Crippen LogP contribution >= 0.6 is 15.9 Å². The van der Waals surface area contributed by atoms with Crippen molar-refractivity contribution in [2.75, 3.05) is 27.2 Å². The Morgan fingerprint density at radius 2 is 2.22 bits per heavy atom. The maximum atomic E-state index is 10.3. The number of aliphatic carboxylic acids is 1. The van der Waals surface area contributed by atoms with Crippen LogP contribution in [0.1, 0.15) is 5.56 Å². The Hall–Kier alpha value is -1.33. The summed E-state index contributed by atoms with van der Waals surface area (Å²) in [6.45, 7) is 1.55. The zero-order chi connectivity index (χ0) is 13.5. The molecule has 0 bridgehead atoms. The summed E-state index contributed by atoms with van der Waals surface area (Å²) in [4.78, 5) is 11.6. The molecule has 98 valence electrons. The molecule has 5 heteroatoms. The molecule has 1 aromatic rings. The van der Waals surface area contributed by atoms with E-state index in [4.69, 9.17) is 4.74 Å². The maximum Gasteiger partial charge on any atom is 0.137 e. The van der Waals surface area contributed by atoms with E-state index in [1.807, 2.05) is 6.07 Å². The molecule has 1 N–H and O–H groups in total. The summed E-state index contributed by atoms with van der Waals surface area (Å²) in [7, 11) is 4.12. The molecule has 1 rings (SSSR count). The van der Waals surface area contributed by atoms with Gasteiger partial charge in [0.15, 0.2) is 0 Å². The van der Waals surface area contributed by atoms with Gasteiger partial charge in [-0.25, -0.2) is 0 Å². The molecule has 0 atom stereocenters. The summed E-state index contributed by atoms with van der Waals surface area (Å²) in [5, 5.41) is 10.3. The van der Waals surface area contributed by atoms with Crippen LogP contribution in [0.15, 0.2) is 28.7 Å². The van der Waals surface area contributed by atoms with E-state index in [-0.39, 0.29) is 0 Å². The Bertz CT molecular complexity index is 444. The van der Waals surface area contributed by atoms with Crippen molar-refractivity contribution >= 4 is 28.0 Å². The molecule has 0 aliphatic rings. The first-order chi connectivity index (χ1) is 8.49. The van der Waals surface area contributed by atoms with Gasteiger partial charge in [0, 0.05) is 0 Å². The highest BCUT2D eigenvalue weighted by molar-refractivity contribution is 9.10. The van der Waals surface area contributed by atoms with Crippen molar-refractivity contribution < 1.29 is 19.5 Å². The van der Waals surface area contributed by atoms with Crippen molar-refractivity contribution in [3.63, 3.8) is 0 Å². The molecule has 0 saturated carbocycles. The second-order valence-electron chi connectivity index (χ2n) is 4.15. The van der Waals surface area contributed by atoms with Gasteiger partial charge in [-0.15, -0.1) is 0 Å². The highest BCUT2D eigenvalue weighted by Crippen LogP contribution is 2.26. The highest BCUT2D eigenvalue weighted by atomic mass is 79.9. The first kappa shape index (κ1) is 14.7. The monoisotopic (exact) mass is 313 g/mol. The number of hydrogen-bond donors (Lipinski definition) is 1. The number of carbonyl (C=O) groups excluding carboxylic acids is 1. The lowest BCUT2D eigenvalue weighted by molar-refractivity contribution is -0.858. The number of ether oxygens (including phenoxy) is 1. The Kier molecular flexibility index (Phi) is 5.88. The molecule has 0 aliphatic heterocycles. The molecule has 1 aromatic carbocycles. The van der Waals surface area contributed by atoms with Gasteiger partial charge in [0.25, 0.3) is 0 Å². The number of hydrogen-bond acceptors (Lipinski definition) is 3. The van der Waals surface area contributed by atoms with E-state index in [0.717, 1.165) is 28.4 Å². The zero-order valence-electron chi connectivity index (χ0n) is 10.4. The third kappa shape index (κ3) is 5.33. The molecule has 0 unspecified atom stereocenters. The maximum absolute atomic E-state index is 10.3. The summed E-state index contributed by atoms with van der Waals surface area (Å²) in [6.07, 6.45) is 2.48. The number of carboxylic acid groups (broad SMARTS) is 1. The number of quaternary nitrogens is 1. The van der Waals surface area contributed by atoms with E-state index in [0.29, 0.717) is 6.61 Å². The van der Waals surface area contributed by atoms with Gasteiger partial charge >= 0.3 is 0 Å². The first-order valence-corrected chi connectivity index (χ1v) is 6.39. The van der Waals surface area contributed by atoms with Crippen molar-refractivity contribution in [2.24, 2.45) is 0 Å². The van der Waals surface area contributed by atoms with Crippen LogP contribution in [0.25, 0.3) is 6.08 Å². The molecule has 0 aromatic heterocycles. The van der Waals surface area contributed by atoms with Crippen molar-refractivity contribution in [1.82, 2.24) is 0 Å². The zero-order valence-corrected chi connectivity index (χ0v) is 12.0. The summed E-state index contributed by atoms with van der Waals surface area (Å²) in [5.74, 6) is -0.456. The van der Waals surface area contributed by atoms with Gasteiger partial charge in [-0.05, 0) is 39.7 Å². The van der Waals surface area contributed by atoms with Crippen LogP contribution in [-0.2, 0) is 4.79 Å². The minimum Gasteiger partial charge on any atom is -0.545 e. The normalized spacial score (nSPS) is 11.1. The molecular formula is C13H16BrNO3. The number of nitrogens with one attached hydrogen (secondary N) is 1. The lowest BCUT2D eigenvalue weighted by Gasteiger charge is -2.10. The minimum absolute atomic E-state index is 0.634. The Morgan fingerprint density at radius 1 is 1.50 bits per heavy atom. The molecule has 0 saturated heterocycles. The fourth-order valence-electron chi connectivity index (χ4n) is 1.27. The van der Waals surface area contributed by atoms with E-state index in [1.54, 1.807) is 12.1 Å². The number of halogens is 1. The number of likely N-dealkylation sites (N-methyl/N-ethyl adjacent to an activating group) is 1. The lowest BCUT2D eigenvalue weighted by atomic mass is 10.2. The fraction of sp³-hybridized carbons (Fsp3) is 0.308. The average Bonchev–Trinajstić information content (AvgIpc) is 2.28. The highest BCUT2D eigenvalue weighted by Gasteiger charge is 2.02. The standard InChI is InChI=1S/C13H16BrNO3/c1-15(2)7-8-18-12-5-3-10(9-11(12)14)4-6-13(16)17/h3-6,9H,7-8H2,1-2H3,(H,16,17)/b6-4-. The number of carboxylic acids is 1. The van der Waals surface area contributed by atoms with E-state index < -0.39 is 5.97 Å². The molecule has 0 fully saturated rings. The van der Waals surface area contributed by atoms with E-state index in [9.17, 15) is 9.90 Å². The van der Waals surface area contributed by atoms with Gasteiger partial charge in [-0.1, -0.05) is 12.1 Å². The predicted octanol–water partition coefficient (Wildman–Crippen LogP) is -0.264. The Morgan fingerprint density at radius 3 is 2.78 bits per heavy atom. The average molecular weight is 314 g/mol. The van der Waals surface area contributed by atoms with Crippen LogP contribution in [0.5, 0.6) is 5.75 Å². The van der Waals surface area contributed by atoms with Gasteiger partial charge < -0.3 is 19.5 Å². The summed E-state index contributed by atoms with van der Waals surface area (Å²) < 4.78 is 6.41. The van der Waals surface area contributed by atoms with Gasteiger partial charge in [0.2, 0.25) is 0 Å². The van der Waals surface area contributed by atoms with E-state index in [2.05, 4.69) is 30.0 Å². The number of benzene rings is 1. The van der Waals surface area contributed by atoms with Crippen LogP contribution in [0.3, 0.4) is 0 Å².